The predicted octanol–water partition coefficient (Wildman–Crippen LogP) is 2.52. The van der Waals surface area contributed by atoms with E-state index in [9.17, 15) is 19.2 Å². The van der Waals surface area contributed by atoms with Crippen LogP contribution in [0.25, 0.3) is 0 Å². The Morgan fingerprint density at radius 2 is 1.34 bits per heavy atom. The molecule has 8 heteroatoms. The summed E-state index contributed by atoms with van der Waals surface area (Å²) in [7, 11) is 0. The molecule has 150 valence electrons. The number of carbonyl (C=O) groups is 4. The Hall–Kier alpha value is -3.68. The summed E-state index contributed by atoms with van der Waals surface area (Å²) in [6.07, 6.45) is 1.75. The van der Waals surface area contributed by atoms with Gasteiger partial charge >= 0.3 is 11.8 Å². The summed E-state index contributed by atoms with van der Waals surface area (Å²) in [5.41, 5.74) is 3.25. The van der Waals surface area contributed by atoms with Crippen molar-refractivity contribution in [1.29, 1.82) is 0 Å². The van der Waals surface area contributed by atoms with Crippen LogP contribution in [-0.4, -0.2) is 30.2 Å². The topological polar surface area (TPSA) is 108 Å². The van der Waals surface area contributed by atoms with Crippen LogP contribution in [0.1, 0.15) is 25.8 Å². The first-order chi connectivity index (χ1) is 13.8. The first-order valence-corrected chi connectivity index (χ1v) is 9.24. The molecule has 1 aliphatic heterocycles. The lowest BCUT2D eigenvalue weighted by molar-refractivity contribution is -0.132. The fraction of sp³-hybridized carbons (Fsp3) is 0.238. The fourth-order valence-electron chi connectivity index (χ4n) is 3.20. The molecule has 0 saturated carbocycles. The number of carbonyl (C=O) groups excluding carboxylic acids is 4. The van der Waals surface area contributed by atoms with Crippen molar-refractivity contribution in [2.75, 3.05) is 27.4 Å². The van der Waals surface area contributed by atoms with Crippen molar-refractivity contribution in [2.45, 2.75) is 26.7 Å². The van der Waals surface area contributed by atoms with Gasteiger partial charge in [0, 0.05) is 43.1 Å². The Balaban J connectivity index is 1.65. The molecule has 0 aliphatic carbocycles. The van der Waals surface area contributed by atoms with Gasteiger partial charge in [-0.1, -0.05) is 6.07 Å². The first kappa shape index (κ1) is 20.1. The SMILES string of the molecule is CC(=O)Nc1ccc(NC(=O)C(=O)Nc2ccc3c(c2)N(C(C)=O)CCC3)cc1. The Kier molecular flexibility index (Phi) is 5.92. The van der Waals surface area contributed by atoms with Crippen LogP contribution in [0.3, 0.4) is 0 Å². The molecule has 8 nitrogen and oxygen atoms in total. The highest BCUT2D eigenvalue weighted by Gasteiger charge is 2.21. The first-order valence-electron chi connectivity index (χ1n) is 9.24. The highest BCUT2D eigenvalue weighted by Crippen LogP contribution is 2.30. The zero-order valence-electron chi connectivity index (χ0n) is 16.2. The molecule has 0 radical (unpaired) electrons. The van der Waals surface area contributed by atoms with Crippen molar-refractivity contribution in [1.82, 2.24) is 0 Å². The third kappa shape index (κ3) is 4.98. The van der Waals surface area contributed by atoms with E-state index in [0.717, 1.165) is 24.1 Å². The maximum atomic E-state index is 12.3. The lowest BCUT2D eigenvalue weighted by Crippen LogP contribution is -2.34. The van der Waals surface area contributed by atoms with Crippen LogP contribution in [0, 0.1) is 0 Å². The smallest absolute Gasteiger partial charge is 0.314 e. The zero-order chi connectivity index (χ0) is 21.0. The number of fused-ring (bicyclic) bond motifs is 1. The van der Waals surface area contributed by atoms with E-state index >= 15 is 0 Å². The molecule has 0 unspecified atom stereocenters. The monoisotopic (exact) mass is 394 g/mol. The summed E-state index contributed by atoms with van der Waals surface area (Å²) in [6.45, 7) is 3.54. The average Bonchev–Trinajstić information content (AvgIpc) is 2.68. The molecule has 0 spiro atoms. The molecule has 0 fully saturated rings. The van der Waals surface area contributed by atoms with E-state index in [-0.39, 0.29) is 11.8 Å². The minimum Gasteiger partial charge on any atom is -0.326 e. The average molecular weight is 394 g/mol. The second kappa shape index (κ2) is 8.55. The van der Waals surface area contributed by atoms with Gasteiger partial charge in [-0.3, -0.25) is 19.2 Å². The van der Waals surface area contributed by atoms with Crippen LogP contribution >= 0.6 is 0 Å². The van der Waals surface area contributed by atoms with Crippen molar-refractivity contribution in [3.8, 4) is 0 Å². The molecule has 0 bridgehead atoms. The fourth-order valence-corrected chi connectivity index (χ4v) is 3.20. The highest BCUT2D eigenvalue weighted by molar-refractivity contribution is 6.43. The molecule has 2 aromatic rings. The van der Waals surface area contributed by atoms with Gasteiger partial charge < -0.3 is 20.9 Å². The molecule has 29 heavy (non-hydrogen) atoms. The van der Waals surface area contributed by atoms with Crippen molar-refractivity contribution in [2.24, 2.45) is 0 Å². The van der Waals surface area contributed by atoms with E-state index in [2.05, 4.69) is 16.0 Å². The van der Waals surface area contributed by atoms with Gasteiger partial charge in [0.05, 0.1) is 0 Å². The molecule has 0 saturated heterocycles. The van der Waals surface area contributed by atoms with Crippen molar-refractivity contribution >= 4 is 46.4 Å². The standard InChI is InChI=1S/C21H22N4O4/c1-13(26)22-16-7-9-17(10-8-16)23-20(28)21(29)24-18-6-5-15-4-3-11-25(14(2)27)19(15)12-18/h5-10,12H,3-4,11H2,1-2H3,(H,22,26)(H,23,28)(H,24,29). The number of hydrogen-bond donors (Lipinski definition) is 3. The second-order valence-electron chi connectivity index (χ2n) is 6.78. The summed E-state index contributed by atoms with van der Waals surface area (Å²) in [4.78, 5) is 49.0. The quantitative estimate of drug-likeness (QED) is 0.695. The number of nitrogens with zero attached hydrogens (tertiary/aromatic N) is 1. The molecule has 0 atom stereocenters. The van der Waals surface area contributed by atoms with Gasteiger partial charge in [0.15, 0.2) is 0 Å². The van der Waals surface area contributed by atoms with Gasteiger partial charge in [-0.25, -0.2) is 0 Å². The van der Waals surface area contributed by atoms with E-state index in [4.69, 9.17) is 0 Å². The largest absolute Gasteiger partial charge is 0.326 e. The van der Waals surface area contributed by atoms with E-state index < -0.39 is 11.8 Å². The van der Waals surface area contributed by atoms with Crippen molar-refractivity contribution in [3.63, 3.8) is 0 Å². The number of aryl methyl sites for hydroxylation is 1. The van der Waals surface area contributed by atoms with E-state index in [0.29, 0.717) is 23.6 Å². The van der Waals surface area contributed by atoms with E-state index in [1.54, 1.807) is 41.3 Å². The van der Waals surface area contributed by atoms with Gasteiger partial charge in [0.25, 0.3) is 0 Å². The number of amides is 4. The number of anilines is 4. The van der Waals surface area contributed by atoms with Crippen LogP contribution in [0.2, 0.25) is 0 Å². The number of benzene rings is 2. The maximum absolute atomic E-state index is 12.3. The number of nitrogens with one attached hydrogen (secondary N) is 3. The Morgan fingerprint density at radius 3 is 1.93 bits per heavy atom. The second-order valence-corrected chi connectivity index (χ2v) is 6.78. The van der Waals surface area contributed by atoms with Crippen LogP contribution in [-0.2, 0) is 25.6 Å². The third-order valence-electron chi connectivity index (χ3n) is 4.51. The molecule has 4 amide bonds. The predicted molar refractivity (Wildman–Crippen MR) is 111 cm³/mol. The molecule has 2 aromatic carbocycles. The Morgan fingerprint density at radius 1 is 0.793 bits per heavy atom. The molecule has 1 heterocycles. The van der Waals surface area contributed by atoms with Crippen molar-refractivity contribution in [3.05, 3.63) is 48.0 Å². The van der Waals surface area contributed by atoms with Crippen LogP contribution in [0.4, 0.5) is 22.7 Å². The normalized spacial score (nSPS) is 12.6. The van der Waals surface area contributed by atoms with Gasteiger partial charge in [-0.05, 0) is 54.8 Å². The molecular weight excluding hydrogens is 372 g/mol. The highest BCUT2D eigenvalue weighted by atomic mass is 16.2. The lowest BCUT2D eigenvalue weighted by atomic mass is 10.0. The summed E-state index contributed by atoms with van der Waals surface area (Å²) >= 11 is 0. The minimum absolute atomic E-state index is 0.0603. The Bertz CT molecular complexity index is 969. The van der Waals surface area contributed by atoms with Crippen molar-refractivity contribution < 1.29 is 19.2 Å². The molecule has 3 N–H and O–H groups in total. The lowest BCUT2D eigenvalue weighted by Gasteiger charge is -2.29. The third-order valence-corrected chi connectivity index (χ3v) is 4.51. The number of hydrogen-bond acceptors (Lipinski definition) is 4. The van der Waals surface area contributed by atoms with Gasteiger partial charge in [0.1, 0.15) is 0 Å². The van der Waals surface area contributed by atoms with E-state index in [1.807, 2.05) is 6.07 Å². The summed E-state index contributed by atoms with van der Waals surface area (Å²) in [5.74, 6) is -1.90. The summed E-state index contributed by atoms with van der Waals surface area (Å²) in [5, 5.41) is 7.68. The maximum Gasteiger partial charge on any atom is 0.314 e. The molecular formula is C21H22N4O4. The zero-order valence-corrected chi connectivity index (χ0v) is 16.2. The van der Waals surface area contributed by atoms with Gasteiger partial charge in [-0.15, -0.1) is 0 Å². The summed E-state index contributed by atoms with van der Waals surface area (Å²) < 4.78 is 0. The number of rotatable bonds is 3. The van der Waals surface area contributed by atoms with Gasteiger partial charge in [0.2, 0.25) is 11.8 Å². The summed E-state index contributed by atoms with van der Waals surface area (Å²) in [6, 6.07) is 11.7. The molecule has 0 aromatic heterocycles. The van der Waals surface area contributed by atoms with Crippen LogP contribution in [0.5, 0.6) is 0 Å². The van der Waals surface area contributed by atoms with Crippen LogP contribution in [0.15, 0.2) is 42.5 Å². The van der Waals surface area contributed by atoms with E-state index in [1.165, 1.54) is 13.8 Å². The van der Waals surface area contributed by atoms with Crippen LogP contribution < -0.4 is 20.9 Å². The molecule has 1 aliphatic rings. The molecule has 3 rings (SSSR count). The Labute approximate surface area is 168 Å². The minimum atomic E-state index is -0.821. The van der Waals surface area contributed by atoms with Gasteiger partial charge in [-0.2, -0.15) is 0 Å².